The summed E-state index contributed by atoms with van der Waals surface area (Å²) in [7, 11) is 1.70. The molecule has 6 nitrogen and oxygen atoms in total. The summed E-state index contributed by atoms with van der Waals surface area (Å²) < 4.78 is 1.48. The third-order valence-corrected chi connectivity index (χ3v) is 1.97. The van der Waals surface area contributed by atoms with Crippen LogP contribution >= 0.6 is 0 Å². The fourth-order valence-corrected chi connectivity index (χ4v) is 0.906. The van der Waals surface area contributed by atoms with Crippen LogP contribution in [0, 0.1) is 5.92 Å². The largest absolute Gasteiger partial charge is 0.320 e. The van der Waals surface area contributed by atoms with E-state index in [9.17, 15) is 4.79 Å². The van der Waals surface area contributed by atoms with Crippen molar-refractivity contribution in [3.63, 3.8) is 0 Å². The molecule has 0 saturated carbocycles. The molecule has 1 aromatic rings. The van der Waals surface area contributed by atoms with E-state index in [1.165, 1.54) is 11.0 Å². The van der Waals surface area contributed by atoms with Crippen LogP contribution in [0.15, 0.2) is 6.33 Å². The van der Waals surface area contributed by atoms with Crippen LogP contribution in [0.5, 0.6) is 0 Å². The van der Waals surface area contributed by atoms with Crippen molar-refractivity contribution >= 4 is 11.9 Å². The van der Waals surface area contributed by atoms with E-state index >= 15 is 0 Å². The van der Waals surface area contributed by atoms with Crippen LogP contribution in [-0.2, 0) is 11.8 Å². The topological polar surface area (TPSA) is 85.8 Å². The second-order valence-electron chi connectivity index (χ2n) is 3.47. The molecule has 0 aliphatic carbocycles. The minimum Gasteiger partial charge on any atom is -0.320 e. The molecular weight excluding hydrogens is 182 g/mol. The Bertz CT molecular complexity index is 319. The number of aromatic nitrogens is 3. The number of hydrogen-bond donors (Lipinski definition) is 2. The van der Waals surface area contributed by atoms with E-state index in [0.717, 1.165) is 0 Å². The fourth-order valence-electron chi connectivity index (χ4n) is 0.906. The summed E-state index contributed by atoms with van der Waals surface area (Å²) >= 11 is 0. The first-order valence-corrected chi connectivity index (χ1v) is 4.42. The highest BCUT2D eigenvalue weighted by atomic mass is 16.2. The zero-order valence-corrected chi connectivity index (χ0v) is 8.56. The lowest BCUT2D eigenvalue weighted by Gasteiger charge is -2.14. The van der Waals surface area contributed by atoms with Crippen LogP contribution < -0.4 is 11.1 Å². The van der Waals surface area contributed by atoms with Gasteiger partial charge in [0.25, 0.3) is 0 Å². The standard InChI is InChI=1S/C8H15N5O/c1-5(2)6(9)7(14)12-8-10-4-11-13(8)3/h4-6H,9H2,1-3H3,(H,10,11,12,14). The molecule has 0 spiro atoms. The molecule has 1 rings (SSSR count). The molecule has 1 unspecified atom stereocenters. The van der Waals surface area contributed by atoms with Gasteiger partial charge in [-0.2, -0.15) is 10.1 Å². The highest BCUT2D eigenvalue weighted by molar-refractivity contribution is 5.93. The molecule has 0 fully saturated rings. The lowest BCUT2D eigenvalue weighted by molar-refractivity contribution is -0.118. The van der Waals surface area contributed by atoms with Crippen molar-refractivity contribution in [2.45, 2.75) is 19.9 Å². The average molecular weight is 197 g/mol. The SMILES string of the molecule is CC(C)C(N)C(=O)Nc1ncnn1C. The summed E-state index contributed by atoms with van der Waals surface area (Å²) in [6.45, 7) is 3.78. The van der Waals surface area contributed by atoms with Crippen molar-refractivity contribution in [1.29, 1.82) is 0 Å². The molecule has 1 amide bonds. The smallest absolute Gasteiger partial charge is 0.243 e. The van der Waals surface area contributed by atoms with E-state index in [2.05, 4.69) is 15.4 Å². The molecule has 0 radical (unpaired) electrons. The summed E-state index contributed by atoms with van der Waals surface area (Å²) in [6, 6.07) is -0.522. The molecule has 0 aliphatic rings. The Morgan fingerprint density at radius 1 is 1.64 bits per heavy atom. The summed E-state index contributed by atoms with van der Waals surface area (Å²) in [5.74, 6) is 0.269. The molecule has 6 heteroatoms. The van der Waals surface area contributed by atoms with Crippen LogP contribution in [0.2, 0.25) is 0 Å². The first kappa shape index (κ1) is 10.6. The van der Waals surface area contributed by atoms with Gasteiger partial charge in [-0.05, 0) is 5.92 Å². The van der Waals surface area contributed by atoms with E-state index in [1.807, 2.05) is 13.8 Å². The molecule has 0 saturated heterocycles. The normalized spacial score (nSPS) is 12.9. The number of anilines is 1. The fraction of sp³-hybridized carbons (Fsp3) is 0.625. The molecule has 14 heavy (non-hydrogen) atoms. The van der Waals surface area contributed by atoms with Gasteiger partial charge in [0.1, 0.15) is 6.33 Å². The number of rotatable bonds is 3. The Hall–Kier alpha value is -1.43. The summed E-state index contributed by atoms with van der Waals surface area (Å²) in [5, 5.41) is 6.42. The number of nitrogens with two attached hydrogens (primary N) is 1. The van der Waals surface area contributed by atoms with E-state index in [0.29, 0.717) is 5.95 Å². The molecular formula is C8H15N5O. The molecule has 0 aliphatic heterocycles. The first-order valence-electron chi connectivity index (χ1n) is 4.42. The van der Waals surface area contributed by atoms with Gasteiger partial charge in [-0.25, -0.2) is 4.68 Å². The van der Waals surface area contributed by atoms with E-state index in [4.69, 9.17) is 5.73 Å². The van der Waals surface area contributed by atoms with E-state index in [-0.39, 0.29) is 11.8 Å². The Balaban J connectivity index is 2.62. The minimum atomic E-state index is -0.522. The van der Waals surface area contributed by atoms with Crippen molar-refractivity contribution in [2.24, 2.45) is 18.7 Å². The Morgan fingerprint density at radius 3 is 2.71 bits per heavy atom. The van der Waals surface area contributed by atoms with Crippen molar-refractivity contribution in [2.75, 3.05) is 5.32 Å². The monoisotopic (exact) mass is 197 g/mol. The maximum atomic E-state index is 11.5. The summed E-state index contributed by atoms with van der Waals surface area (Å²) in [6.07, 6.45) is 1.37. The number of amides is 1. The van der Waals surface area contributed by atoms with Gasteiger partial charge in [0.2, 0.25) is 11.9 Å². The van der Waals surface area contributed by atoms with Crippen LogP contribution in [0.3, 0.4) is 0 Å². The second-order valence-corrected chi connectivity index (χ2v) is 3.47. The molecule has 1 heterocycles. The molecule has 0 bridgehead atoms. The van der Waals surface area contributed by atoms with Gasteiger partial charge >= 0.3 is 0 Å². The zero-order chi connectivity index (χ0) is 10.7. The predicted molar refractivity (Wildman–Crippen MR) is 52.4 cm³/mol. The van der Waals surface area contributed by atoms with E-state index in [1.54, 1.807) is 7.05 Å². The Labute approximate surface area is 82.5 Å². The second kappa shape index (κ2) is 4.19. The van der Waals surface area contributed by atoms with Crippen molar-refractivity contribution < 1.29 is 4.79 Å². The van der Waals surface area contributed by atoms with Crippen LogP contribution in [-0.4, -0.2) is 26.7 Å². The summed E-state index contributed by atoms with van der Waals surface area (Å²) in [5.41, 5.74) is 5.66. The highest BCUT2D eigenvalue weighted by Gasteiger charge is 2.18. The van der Waals surface area contributed by atoms with Crippen LogP contribution in [0.25, 0.3) is 0 Å². The van der Waals surface area contributed by atoms with Gasteiger partial charge in [0.15, 0.2) is 0 Å². The number of carbonyl (C=O) groups excluding carboxylic acids is 1. The Morgan fingerprint density at radius 2 is 2.29 bits per heavy atom. The lowest BCUT2D eigenvalue weighted by Crippen LogP contribution is -2.40. The number of hydrogen-bond acceptors (Lipinski definition) is 4. The highest BCUT2D eigenvalue weighted by Crippen LogP contribution is 2.03. The number of aryl methyl sites for hydroxylation is 1. The van der Waals surface area contributed by atoms with Crippen LogP contribution in [0.1, 0.15) is 13.8 Å². The van der Waals surface area contributed by atoms with Gasteiger partial charge in [0, 0.05) is 7.05 Å². The van der Waals surface area contributed by atoms with Gasteiger partial charge in [-0.3, -0.25) is 10.1 Å². The lowest BCUT2D eigenvalue weighted by atomic mass is 10.1. The number of nitrogens with one attached hydrogen (secondary N) is 1. The minimum absolute atomic E-state index is 0.100. The van der Waals surface area contributed by atoms with Crippen LogP contribution in [0.4, 0.5) is 5.95 Å². The third kappa shape index (κ3) is 2.29. The van der Waals surface area contributed by atoms with Crippen molar-refractivity contribution in [3.05, 3.63) is 6.33 Å². The quantitative estimate of drug-likeness (QED) is 0.698. The van der Waals surface area contributed by atoms with Crippen molar-refractivity contribution in [3.8, 4) is 0 Å². The number of nitrogens with zero attached hydrogens (tertiary/aromatic N) is 3. The third-order valence-electron chi connectivity index (χ3n) is 1.97. The Kier molecular flexibility index (Phi) is 3.19. The van der Waals surface area contributed by atoms with Gasteiger partial charge in [-0.15, -0.1) is 0 Å². The van der Waals surface area contributed by atoms with Crippen molar-refractivity contribution in [1.82, 2.24) is 14.8 Å². The average Bonchev–Trinajstić information content (AvgIpc) is 2.50. The summed E-state index contributed by atoms with van der Waals surface area (Å²) in [4.78, 5) is 15.3. The first-order chi connectivity index (χ1) is 6.52. The number of carbonyl (C=O) groups is 1. The maximum Gasteiger partial charge on any atom is 0.243 e. The molecule has 0 aromatic carbocycles. The zero-order valence-electron chi connectivity index (χ0n) is 8.56. The molecule has 1 atom stereocenters. The van der Waals surface area contributed by atoms with Gasteiger partial charge in [-0.1, -0.05) is 13.8 Å². The van der Waals surface area contributed by atoms with Gasteiger partial charge < -0.3 is 5.73 Å². The molecule has 1 aromatic heterocycles. The predicted octanol–water partition coefficient (Wildman–Crippen LogP) is -0.263. The van der Waals surface area contributed by atoms with E-state index < -0.39 is 6.04 Å². The molecule has 3 N–H and O–H groups in total. The maximum absolute atomic E-state index is 11.5. The molecule has 78 valence electrons. The van der Waals surface area contributed by atoms with Gasteiger partial charge in [0.05, 0.1) is 6.04 Å².